The molecule has 0 aromatic carbocycles. The Bertz CT molecular complexity index is 767. The number of hydrogen-bond acceptors (Lipinski definition) is 1. The van der Waals surface area contributed by atoms with E-state index in [1.165, 1.54) is 69.8 Å². The van der Waals surface area contributed by atoms with E-state index in [2.05, 4.69) is 61.5 Å². The molecule has 2 saturated carbocycles. The van der Waals surface area contributed by atoms with Crippen LogP contribution in [0.4, 0.5) is 0 Å². The topological polar surface area (TPSA) is 26.0 Å². The van der Waals surface area contributed by atoms with Crippen LogP contribution in [-0.4, -0.2) is 6.04 Å². The van der Waals surface area contributed by atoms with Crippen LogP contribution in [0.1, 0.15) is 120 Å². The van der Waals surface area contributed by atoms with Crippen LogP contribution >= 0.6 is 0 Å². The summed E-state index contributed by atoms with van der Waals surface area (Å²) < 4.78 is 0. The second-order valence-corrected chi connectivity index (χ2v) is 13.7. The quantitative estimate of drug-likeness (QED) is 0.449. The van der Waals surface area contributed by atoms with Crippen molar-refractivity contribution in [3.8, 4) is 0 Å². The van der Waals surface area contributed by atoms with E-state index in [0.717, 1.165) is 17.8 Å². The van der Waals surface area contributed by atoms with Gasteiger partial charge in [-0.1, -0.05) is 64.3 Å². The molecule has 2 N–H and O–H groups in total. The van der Waals surface area contributed by atoms with Gasteiger partial charge in [-0.3, -0.25) is 0 Å². The number of fused-ring (bicyclic) bond motifs is 4. The minimum Gasteiger partial charge on any atom is -0.327 e. The number of allylic oxidation sites excluding steroid dienone is 4. The molecule has 2 fully saturated rings. The average Bonchev–Trinajstić information content (AvgIpc) is 2.96. The third-order valence-electron chi connectivity index (χ3n) is 11.8. The molecule has 0 aromatic heterocycles. The van der Waals surface area contributed by atoms with Crippen molar-refractivity contribution in [2.24, 2.45) is 45.1 Å². The Morgan fingerprint density at radius 1 is 0.968 bits per heavy atom. The highest BCUT2D eigenvalue weighted by Gasteiger charge is 2.63. The first-order chi connectivity index (χ1) is 14.4. The summed E-state index contributed by atoms with van der Waals surface area (Å²) in [5.74, 6) is 2.48. The van der Waals surface area contributed by atoms with Crippen LogP contribution in [0.2, 0.25) is 0 Å². The molecule has 0 bridgehead atoms. The summed E-state index contributed by atoms with van der Waals surface area (Å²) in [6.07, 6.45) is 15.9. The first-order valence-corrected chi connectivity index (χ1v) is 13.5. The van der Waals surface area contributed by atoms with Gasteiger partial charge in [-0.25, -0.2) is 0 Å². The van der Waals surface area contributed by atoms with E-state index in [0.29, 0.717) is 22.3 Å². The van der Waals surface area contributed by atoms with E-state index in [4.69, 9.17) is 5.73 Å². The van der Waals surface area contributed by atoms with Crippen molar-refractivity contribution in [2.75, 3.05) is 0 Å². The summed E-state index contributed by atoms with van der Waals surface area (Å²) >= 11 is 0. The summed E-state index contributed by atoms with van der Waals surface area (Å²) in [6, 6.07) is 0.370. The van der Waals surface area contributed by atoms with E-state index in [-0.39, 0.29) is 5.41 Å². The number of rotatable bonds is 4. The van der Waals surface area contributed by atoms with Gasteiger partial charge in [0, 0.05) is 6.04 Å². The maximum atomic E-state index is 6.67. The Morgan fingerprint density at radius 2 is 1.68 bits per heavy atom. The van der Waals surface area contributed by atoms with Crippen LogP contribution in [0, 0.1) is 39.4 Å². The molecule has 0 amide bonds. The molecule has 4 aliphatic rings. The van der Waals surface area contributed by atoms with Crippen molar-refractivity contribution in [3.05, 3.63) is 22.8 Å². The SMILES string of the molecule is CC(C)=CCC[C@@H](C)[C@H]1CC[C@@]2(C)C3=C(CC[C@]12C)[C@@]1(C)CC[C@H](N)C(C)(C)[C@@H]1CC3. The molecule has 1 heteroatoms. The fourth-order valence-electron chi connectivity index (χ4n) is 9.51. The molecule has 0 aromatic rings. The fourth-order valence-corrected chi connectivity index (χ4v) is 9.51. The molecule has 176 valence electrons. The molecular weight excluding hydrogens is 374 g/mol. The predicted octanol–water partition coefficient (Wildman–Crippen LogP) is 8.45. The van der Waals surface area contributed by atoms with Gasteiger partial charge in [0.2, 0.25) is 0 Å². The molecular formula is C30H51N. The highest BCUT2D eigenvalue weighted by molar-refractivity contribution is 5.38. The fraction of sp³-hybridized carbons (Fsp3) is 0.867. The van der Waals surface area contributed by atoms with Gasteiger partial charge in [-0.05, 0) is 117 Å². The third-order valence-corrected chi connectivity index (χ3v) is 11.8. The summed E-state index contributed by atoms with van der Waals surface area (Å²) in [6.45, 7) is 20.0. The predicted molar refractivity (Wildman–Crippen MR) is 135 cm³/mol. The molecule has 0 spiro atoms. The van der Waals surface area contributed by atoms with Gasteiger partial charge < -0.3 is 5.73 Å². The highest BCUT2D eigenvalue weighted by Crippen LogP contribution is 2.72. The third kappa shape index (κ3) is 3.34. The maximum Gasteiger partial charge on any atom is 0.00935 e. The van der Waals surface area contributed by atoms with E-state index in [9.17, 15) is 0 Å². The highest BCUT2D eigenvalue weighted by atomic mass is 14.7. The van der Waals surface area contributed by atoms with Gasteiger partial charge in [-0.15, -0.1) is 0 Å². The maximum absolute atomic E-state index is 6.67. The normalized spacial score (nSPS) is 44.9. The van der Waals surface area contributed by atoms with E-state index in [1.54, 1.807) is 0 Å². The Balaban J connectivity index is 1.65. The standard InChI is InChI=1S/C30H51N/c1-20(2)10-9-11-21(3)22-14-18-30(8)24-12-13-25-27(4,5)26(31)16-17-28(25,6)23(24)15-19-29(22,30)7/h10,21-22,25-26H,9,11-19,31H2,1-8H3/t21-,22-,25+,26+,28-,29-,30+/m1/s1. The lowest BCUT2D eigenvalue weighted by Gasteiger charge is -2.62. The van der Waals surface area contributed by atoms with Crippen LogP contribution in [-0.2, 0) is 0 Å². The van der Waals surface area contributed by atoms with Crippen molar-refractivity contribution in [1.29, 1.82) is 0 Å². The molecule has 4 rings (SSSR count). The molecule has 0 unspecified atom stereocenters. The number of nitrogens with two attached hydrogens (primary N) is 1. The first-order valence-electron chi connectivity index (χ1n) is 13.5. The summed E-state index contributed by atoms with van der Waals surface area (Å²) in [5, 5.41) is 0. The van der Waals surface area contributed by atoms with Crippen LogP contribution < -0.4 is 5.73 Å². The second-order valence-electron chi connectivity index (χ2n) is 13.7. The lowest BCUT2D eigenvalue weighted by atomic mass is 9.43. The van der Waals surface area contributed by atoms with Crippen LogP contribution in [0.15, 0.2) is 22.8 Å². The van der Waals surface area contributed by atoms with Crippen molar-refractivity contribution in [1.82, 2.24) is 0 Å². The van der Waals surface area contributed by atoms with E-state index in [1.807, 2.05) is 11.1 Å². The zero-order valence-electron chi connectivity index (χ0n) is 22.0. The lowest BCUT2D eigenvalue weighted by molar-refractivity contribution is -0.0301. The van der Waals surface area contributed by atoms with Crippen LogP contribution in [0.3, 0.4) is 0 Å². The van der Waals surface area contributed by atoms with Crippen LogP contribution in [0.5, 0.6) is 0 Å². The van der Waals surface area contributed by atoms with E-state index < -0.39 is 0 Å². The largest absolute Gasteiger partial charge is 0.327 e. The Labute approximate surface area is 193 Å². The molecule has 0 radical (unpaired) electrons. The molecule has 0 aliphatic heterocycles. The second kappa shape index (κ2) is 7.75. The van der Waals surface area contributed by atoms with Crippen LogP contribution in [0.25, 0.3) is 0 Å². The van der Waals surface area contributed by atoms with Gasteiger partial charge in [-0.2, -0.15) is 0 Å². The Morgan fingerprint density at radius 3 is 2.35 bits per heavy atom. The molecule has 0 saturated heterocycles. The average molecular weight is 426 g/mol. The first kappa shape index (κ1) is 23.6. The van der Waals surface area contributed by atoms with Crippen molar-refractivity contribution < 1.29 is 0 Å². The Kier molecular flexibility index (Phi) is 5.90. The van der Waals surface area contributed by atoms with E-state index >= 15 is 0 Å². The van der Waals surface area contributed by atoms with Gasteiger partial charge >= 0.3 is 0 Å². The lowest BCUT2D eigenvalue weighted by Crippen LogP contribution is -2.57. The minimum atomic E-state index is 0.269. The van der Waals surface area contributed by atoms with Gasteiger partial charge in [0.25, 0.3) is 0 Å². The zero-order chi connectivity index (χ0) is 22.8. The van der Waals surface area contributed by atoms with Crippen molar-refractivity contribution in [3.63, 3.8) is 0 Å². The minimum absolute atomic E-state index is 0.269. The smallest absolute Gasteiger partial charge is 0.00935 e. The molecule has 7 atom stereocenters. The van der Waals surface area contributed by atoms with Crippen molar-refractivity contribution >= 4 is 0 Å². The summed E-state index contributed by atoms with van der Waals surface area (Å²) in [7, 11) is 0. The molecule has 0 heterocycles. The summed E-state index contributed by atoms with van der Waals surface area (Å²) in [5.41, 5.74) is 13.5. The molecule has 4 aliphatic carbocycles. The van der Waals surface area contributed by atoms with Crippen molar-refractivity contribution in [2.45, 2.75) is 126 Å². The molecule has 31 heavy (non-hydrogen) atoms. The van der Waals surface area contributed by atoms with Gasteiger partial charge in [0.05, 0.1) is 0 Å². The molecule has 1 nitrogen and oxygen atoms in total. The number of hydrogen-bond donors (Lipinski definition) is 1. The Hall–Kier alpha value is -0.560. The zero-order valence-corrected chi connectivity index (χ0v) is 22.0. The monoisotopic (exact) mass is 425 g/mol. The summed E-state index contributed by atoms with van der Waals surface area (Å²) in [4.78, 5) is 0. The van der Waals surface area contributed by atoms with Gasteiger partial charge in [0.1, 0.15) is 0 Å². The van der Waals surface area contributed by atoms with Gasteiger partial charge in [0.15, 0.2) is 0 Å².